The minimum absolute atomic E-state index is 1.21. The van der Waals surface area contributed by atoms with Gasteiger partial charge in [-0.2, -0.15) is 0 Å². The highest BCUT2D eigenvalue weighted by molar-refractivity contribution is 4.84. The summed E-state index contributed by atoms with van der Waals surface area (Å²) >= 11 is 0. The van der Waals surface area contributed by atoms with E-state index in [0.717, 1.165) is 0 Å². The van der Waals surface area contributed by atoms with Gasteiger partial charge in [0, 0.05) is 6.42 Å². The predicted octanol–water partition coefficient (Wildman–Crippen LogP) is 9.96. The Kier molecular flexibility index (Phi) is 21.1. The largest absolute Gasteiger partial charge is 0.256 e. The molecule has 0 bridgehead atoms. The van der Waals surface area contributed by atoms with Crippen LogP contribution < -0.4 is 4.57 Å². The standard InChI is InChI=1S/C31H61N2/c1-4-7-10-12-14-16-17-19-21-23-26-31-32(27-24-9-6-3)29-30-33(31)28-25-22-20-18-15-13-11-8-5-2/h29-30H,4-28H2,1-3H3/q+1. The molecule has 0 fully saturated rings. The van der Waals surface area contributed by atoms with Gasteiger partial charge >= 0.3 is 0 Å². The van der Waals surface area contributed by atoms with E-state index in [2.05, 4.69) is 42.3 Å². The average Bonchev–Trinajstić information content (AvgIpc) is 3.21. The number of aryl methyl sites for hydroxylation is 2. The molecule has 0 spiro atoms. The molecule has 194 valence electrons. The lowest BCUT2D eigenvalue weighted by atomic mass is 10.1. The number of hydrogen-bond donors (Lipinski definition) is 0. The van der Waals surface area contributed by atoms with Crippen LogP contribution in [0.15, 0.2) is 12.4 Å². The molecule has 2 heteroatoms. The molecular weight excluding hydrogens is 400 g/mol. The van der Waals surface area contributed by atoms with Gasteiger partial charge in [0.1, 0.15) is 12.4 Å². The van der Waals surface area contributed by atoms with E-state index in [1.54, 1.807) is 5.82 Å². The van der Waals surface area contributed by atoms with Crippen molar-refractivity contribution in [3.8, 4) is 0 Å². The summed E-state index contributed by atoms with van der Waals surface area (Å²) in [5, 5.41) is 0. The first kappa shape index (κ1) is 30.2. The van der Waals surface area contributed by atoms with Crippen LogP contribution in [0.2, 0.25) is 0 Å². The second kappa shape index (κ2) is 23.0. The Balaban J connectivity index is 2.28. The molecule has 0 N–H and O–H groups in total. The molecule has 0 atom stereocenters. The van der Waals surface area contributed by atoms with E-state index in [9.17, 15) is 0 Å². The van der Waals surface area contributed by atoms with Crippen LogP contribution in [-0.4, -0.2) is 4.57 Å². The summed E-state index contributed by atoms with van der Waals surface area (Å²) in [6.07, 6.45) is 37.0. The van der Waals surface area contributed by atoms with Crippen molar-refractivity contribution in [1.29, 1.82) is 0 Å². The zero-order valence-corrected chi connectivity index (χ0v) is 23.2. The van der Waals surface area contributed by atoms with E-state index >= 15 is 0 Å². The van der Waals surface area contributed by atoms with Crippen molar-refractivity contribution in [2.45, 2.75) is 182 Å². The number of nitrogens with zero attached hydrogens (tertiary/aromatic N) is 2. The Morgan fingerprint density at radius 1 is 0.515 bits per heavy atom. The third-order valence-electron chi connectivity index (χ3n) is 7.35. The quantitative estimate of drug-likeness (QED) is 0.101. The highest BCUT2D eigenvalue weighted by atomic mass is 15.1. The average molecular weight is 462 g/mol. The molecule has 1 aromatic rings. The Labute approximate surface area is 208 Å². The van der Waals surface area contributed by atoms with Crippen molar-refractivity contribution in [1.82, 2.24) is 4.57 Å². The fourth-order valence-electron chi connectivity index (χ4n) is 5.09. The maximum Gasteiger partial charge on any atom is 0.256 e. The summed E-state index contributed by atoms with van der Waals surface area (Å²) in [6.45, 7) is 9.36. The van der Waals surface area contributed by atoms with Gasteiger partial charge in [-0.1, -0.05) is 130 Å². The van der Waals surface area contributed by atoms with Crippen LogP contribution in [0.1, 0.15) is 168 Å². The first-order valence-corrected chi connectivity index (χ1v) is 15.4. The van der Waals surface area contributed by atoms with E-state index in [1.165, 1.54) is 161 Å². The highest BCUT2D eigenvalue weighted by Gasteiger charge is 2.16. The first-order valence-electron chi connectivity index (χ1n) is 15.4. The summed E-state index contributed by atoms with van der Waals surface area (Å²) in [4.78, 5) is 0. The van der Waals surface area contributed by atoms with Crippen LogP contribution in [0.3, 0.4) is 0 Å². The number of unbranched alkanes of at least 4 members (excludes halogenated alkanes) is 19. The Morgan fingerprint density at radius 2 is 0.939 bits per heavy atom. The van der Waals surface area contributed by atoms with Gasteiger partial charge < -0.3 is 0 Å². The molecule has 33 heavy (non-hydrogen) atoms. The third-order valence-corrected chi connectivity index (χ3v) is 7.35. The van der Waals surface area contributed by atoms with E-state index in [-0.39, 0.29) is 0 Å². The van der Waals surface area contributed by atoms with E-state index in [4.69, 9.17) is 0 Å². The number of rotatable bonds is 25. The molecule has 1 heterocycles. The minimum Gasteiger partial charge on any atom is -0.234 e. The third kappa shape index (κ3) is 16.5. The minimum atomic E-state index is 1.21. The number of hydrogen-bond acceptors (Lipinski definition) is 0. The fraction of sp³-hybridized carbons (Fsp3) is 0.903. The van der Waals surface area contributed by atoms with Gasteiger partial charge in [0.25, 0.3) is 5.82 Å². The lowest BCUT2D eigenvalue weighted by molar-refractivity contribution is -0.704. The normalized spacial score (nSPS) is 11.5. The molecule has 0 saturated heterocycles. The number of imidazole rings is 1. The molecule has 0 aliphatic carbocycles. The van der Waals surface area contributed by atoms with Crippen molar-refractivity contribution < 1.29 is 4.57 Å². The fourth-order valence-corrected chi connectivity index (χ4v) is 5.09. The van der Waals surface area contributed by atoms with E-state index in [1.807, 2.05) is 0 Å². The van der Waals surface area contributed by atoms with Crippen LogP contribution in [0.4, 0.5) is 0 Å². The summed E-state index contributed by atoms with van der Waals surface area (Å²) in [5.41, 5.74) is 0. The summed E-state index contributed by atoms with van der Waals surface area (Å²) < 4.78 is 5.18. The monoisotopic (exact) mass is 461 g/mol. The van der Waals surface area contributed by atoms with E-state index in [0.29, 0.717) is 0 Å². The van der Waals surface area contributed by atoms with Gasteiger partial charge in [-0.25, -0.2) is 9.13 Å². The molecule has 0 amide bonds. The Bertz CT molecular complexity index is 519. The lowest BCUT2D eigenvalue weighted by Crippen LogP contribution is -2.37. The summed E-state index contributed by atoms with van der Waals surface area (Å²) in [6, 6.07) is 0. The summed E-state index contributed by atoms with van der Waals surface area (Å²) in [7, 11) is 0. The molecule has 1 aromatic heterocycles. The lowest BCUT2D eigenvalue weighted by Gasteiger charge is -2.07. The second-order valence-electron chi connectivity index (χ2n) is 10.6. The van der Waals surface area contributed by atoms with Gasteiger partial charge in [-0.3, -0.25) is 0 Å². The molecule has 1 rings (SSSR count). The molecule has 0 saturated carbocycles. The van der Waals surface area contributed by atoms with Crippen molar-refractivity contribution in [2.75, 3.05) is 0 Å². The van der Waals surface area contributed by atoms with Crippen LogP contribution in [0.5, 0.6) is 0 Å². The van der Waals surface area contributed by atoms with Gasteiger partial charge in [0.2, 0.25) is 0 Å². The SMILES string of the molecule is CCCCCCCCCCCCc1n(CCCCC)cc[n+]1CCCCCCCCCCC. The Hall–Kier alpha value is -0.790. The van der Waals surface area contributed by atoms with Crippen LogP contribution >= 0.6 is 0 Å². The van der Waals surface area contributed by atoms with Gasteiger partial charge in [-0.15, -0.1) is 0 Å². The molecule has 0 aromatic carbocycles. The highest BCUT2D eigenvalue weighted by Crippen LogP contribution is 2.13. The van der Waals surface area contributed by atoms with Crippen molar-refractivity contribution in [3.63, 3.8) is 0 Å². The zero-order chi connectivity index (χ0) is 23.8. The molecule has 0 aliphatic heterocycles. The maximum atomic E-state index is 2.60. The predicted molar refractivity (Wildman–Crippen MR) is 147 cm³/mol. The van der Waals surface area contributed by atoms with Gasteiger partial charge in [0.05, 0.1) is 13.1 Å². The molecule has 0 aliphatic rings. The van der Waals surface area contributed by atoms with Gasteiger partial charge in [0.15, 0.2) is 0 Å². The molecule has 0 radical (unpaired) electrons. The Morgan fingerprint density at radius 3 is 1.45 bits per heavy atom. The second-order valence-corrected chi connectivity index (χ2v) is 10.6. The van der Waals surface area contributed by atoms with E-state index < -0.39 is 0 Å². The number of aromatic nitrogens is 2. The molecule has 2 nitrogen and oxygen atoms in total. The zero-order valence-electron chi connectivity index (χ0n) is 23.2. The van der Waals surface area contributed by atoms with Crippen molar-refractivity contribution >= 4 is 0 Å². The van der Waals surface area contributed by atoms with Gasteiger partial charge in [-0.05, 0) is 32.1 Å². The first-order chi connectivity index (χ1) is 16.3. The summed E-state index contributed by atoms with van der Waals surface area (Å²) in [5.74, 6) is 1.60. The van der Waals surface area contributed by atoms with Crippen molar-refractivity contribution in [2.24, 2.45) is 0 Å². The van der Waals surface area contributed by atoms with Crippen LogP contribution in [0, 0.1) is 0 Å². The molecular formula is C31H61N2+. The van der Waals surface area contributed by atoms with Crippen molar-refractivity contribution in [3.05, 3.63) is 18.2 Å². The topological polar surface area (TPSA) is 8.81 Å². The molecule has 0 unspecified atom stereocenters. The maximum absolute atomic E-state index is 2.60. The van der Waals surface area contributed by atoms with Crippen LogP contribution in [0.25, 0.3) is 0 Å². The smallest absolute Gasteiger partial charge is 0.234 e. The van der Waals surface area contributed by atoms with Crippen LogP contribution in [-0.2, 0) is 19.5 Å².